The molecule has 0 aliphatic heterocycles. The Kier molecular flexibility index (Phi) is 14.6. The first-order chi connectivity index (χ1) is 13.0. The molecule has 0 radical (unpaired) electrons. The van der Waals surface area contributed by atoms with Crippen molar-refractivity contribution in [1.29, 1.82) is 0 Å². The summed E-state index contributed by atoms with van der Waals surface area (Å²) in [5.41, 5.74) is 2.25. The summed E-state index contributed by atoms with van der Waals surface area (Å²) in [6.45, 7) is 10.4. The van der Waals surface area contributed by atoms with Crippen molar-refractivity contribution in [2.75, 3.05) is 20.2 Å². The Morgan fingerprint density at radius 3 is 2.61 bits per heavy atom. The minimum Gasteiger partial charge on any atom is -0.490 e. The van der Waals surface area contributed by atoms with Gasteiger partial charge in [0.25, 0.3) is 0 Å². The zero-order valence-corrected chi connectivity index (χ0v) is 20.2. The molecule has 160 valence electrons. The van der Waals surface area contributed by atoms with E-state index < -0.39 is 0 Å². The molecule has 6 nitrogen and oxygen atoms in total. The van der Waals surface area contributed by atoms with Crippen LogP contribution in [0.5, 0.6) is 5.75 Å². The predicted octanol–water partition coefficient (Wildman–Crippen LogP) is 4.19. The summed E-state index contributed by atoms with van der Waals surface area (Å²) in [4.78, 5) is 15.8. The van der Waals surface area contributed by atoms with Gasteiger partial charge in [-0.1, -0.05) is 19.1 Å². The Hall–Kier alpha value is -1.51. The number of ether oxygens (including phenoxy) is 2. The summed E-state index contributed by atoms with van der Waals surface area (Å²) < 4.78 is 10.7. The number of halogens is 1. The second-order valence-electron chi connectivity index (χ2n) is 6.60. The second-order valence-corrected chi connectivity index (χ2v) is 6.60. The molecule has 0 aliphatic carbocycles. The molecule has 1 aromatic rings. The van der Waals surface area contributed by atoms with Gasteiger partial charge in [0.2, 0.25) is 0 Å². The number of nitrogens with one attached hydrogen (secondary N) is 2. The van der Waals surface area contributed by atoms with Crippen LogP contribution in [0.1, 0.15) is 57.6 Å². The van der Waals surface area contributed by atoms with Crippen LogP contribution in [0, 0.1) is 6.92 Å². The van der Waals surface area contributed by atoms with Crippen molar-refractivity contribution in [3.8, 4) is 5.75 Å². The molecule has 28 heavy (non-hydrogen) atoms. The SMILES string of the molecule is CCNC(=NCc1ccc(C)cc1OC(C)CC)NCCCCC(=O)OC.I. The van der Waals surface area contributed by atoms with Crippen LogP contribution < -0.4 is 15.4 Å². The molecule has 0 aliphatic rings. The van der Waals surface area contributed by atoms with Gasteiger partial charge >= 0.3 is 5.97 Å². The lowest BCUT2D eigenvalue weighted by Crippen LogP contribution is -2.37. The van der Waals surface area contributed by atoms with E-state index in [1.165, 1.54) is 12.7 Å². The molecule has 0 spiro atoms. The Morgan fingerprint density at radius 2 is 1.96 bits per heavy atom. The summed E-state index contributed by atoms with van der Waals surface area (Å²) in [5, 5.41) is 6.56. The third kappa shape index (κ3) is 10.7. The molecule has 1 unspecified atom stereocenters. The van der Waals surface area contributed by atoms with E-state index in [4.69, 9.17) is 4.74 Å². The molecule has 0 saturated heterocycles. The van der Waals surface area contributed by atoms with Crippen molar-refractivity contribution in [3.63, 3.8) is 0 Å². The Balaban J connectivity index is 0.00000729. The summed E-state index contributed by atoms with van der Waals surface area (Å²) in [5.74, 6) is 1.51. The maximum atomic E-state index is 11.1. The number of hydrogen-bond donors (Lipinski definition) is 2. The number of carbonyl (C=O) groups is 1. The highest BCUT2D eigenvalue weighted by Gasteiger charge is 2.08. The van der Waals surface area contributed by atoms with Crippen molar-refractivity contribution in [1.82, 2.24) is 10.6 Å². The molecule has 0 saturated carbocycles. The van der Waals surface area contributed by atoms with Crippen LogP contribution in [-0.2, 0) is 16.1 Å². The second kappa shape index (κ2) is 15.4. The summed E-state index contributed by atoms with van der Waals surface area (Å²) in [6, 6.07) is 6.24. The number of hydrogen-bond acceptors (Lipinski definition) is 4. The van der Waals surface area contributed by atoms with Crippen molar-refractivity contribution in [2.45, 2.75) is 66.0 Å². The number of guanidine groups is 1. The highest BCUT2D eigenvalue weighted by atomic mass is 127. The minimum atomic E-state index is -0.163. The van der Waals surface area contributed by atoms with Gasteiger partial charge in [-0.3, -0.25) is 4.79 Å². The van der Waals surface area contributed by atoms with E-state index in [1.54, 1.807) is 0 Å². The van der Waals surface area contributed by atoms with E-state index >= 15 is 0 Å². The van der Waals surface area contributed by atoms with Crippen molar-refractivity contribution < 1.29 is 14.3 Å². The third-order valence-electron chi connectivity index (χ3n) is 4.21. The van der Waals surface area contributed by atoms with Crippen molar-refractivity contribution in [3.05, 3.63) is 29.3 Å². The molecule has 0 amide bonds. The summed E-state index contributed by atoms with van der Waals surface area (Å²) in [6.07, 6.45) is 3.27. The zero-order valence-electron chi connectivity index (χ0n) is 17.8. The number of carbonyl (C=O) groups excluding carboxylic acids is 1. The summed E-state index contributed by atoms with van der Waals surface area (Å²) in [7, 11) is 1.42. The van der Waals surface area contributed by atoms with Gasteiger partial charge in [0.05, 0.1) is 19.8 Å². The van der Waals surface area contributed by atoms with E-state index in [0.717, 1.165) is 49.6 Å². The third-order valence-corrected chi connectivity index (χ3v) is 4.21. The number of aryl methyl sites for hydroxylation is 1. The maximum absolute atomic E-state index is 11.1. The van der Waals surface area contributed by atoms with Gasteiger partial charge in [-0.05, 0) is 51.7 Å². The molecule has 0 heterocycles. The van der Waals surface area contributed by atoms with Crippen LogP contribution in [0.3, 0.4) is 0 Å². The van der Waals surface area contributed by atoms with Gasteiger partial charge in [0, 0.05) is 25.1 Å². The van der Waals surface area contributed by atoms with Gasteiger partial charge in [-0.2, -0.15) is 0 Å². The molecular formula is C21H36IN3O3. The highest BCUT2D eigenvalue weighted by molar-refractivity contribution is 14.0. The average molecular weight is 505 g/mol. The minimum absolute atomic E-state index is 0. The van der Waals surface area contributed by atoms with Crippen LogP contribution in [0.15, 0.2) is 23.2 Å². The van der Waals surface area contributed by atoms with E-state index in [0.29, 0.717) is 13.0 Å². The maximum Gasteiger partial charge on any atom is 0.305 e. The van der Waals surface area contributed by atoms with Crippen molar-refractivity contribution >= 4 is 35.9 Å². The Bertz CT molecular complexity index is 609. The number of rotatable bonds is 11. The molecule has 1 rings (SSSR count). The van der Waals surface area contributed by atoms with Crippen LogP contribution in [-0.4, -0.2) is 38.2 Å². The number of esters is 1. The van der Waals surface area contributed by atoms with Crippen LogP contribution >= 0.6 is 24.0 Å². The van der Waals surface area contributed by atoms with Gasteiger partial charge in [-0.25, -0.2) is 4.99 Å². The first-order valence-electron chi connectivity index (χ1n) is 9.85. The quantitative estimate of drug-likeness (QED) is 0.155. The fourth-order valence-electron chi connectivity index (χ4n) is 2.41. The fraction of sp³-hybridized carbons (Fsp3) is 0.619. The van der Waals surface area contributed by atoms with E-state index in [2.05, 4.69) is 59.3 Å². The molecule has 1 atom stereocenters. The molecule has 7 heteroatoms. The van der Waals surface area contributed by atoms with Gasteiger partial charge in [0.15, 0.2) is 5.96 Å². The van der Waals surface area contributed by atoms with E-state index in [9.17, 15) is 4.79 Å². The molecule has 0 fully saturated rings. The smallest absolute Gasteiger partial charge is 0.305 e. The van der Waals surface area contributed by atoms with Crippen LogP contribution in [0.4, 0.5) is 0 Å². The topological polar surface area (TPSA) is 72.0 Å². The number of aliphatic imine (C=N–C) groups is 1. The van der Waals surface area contributed by atoms with Crippen molar-refractivity contribution in [2.24, 2.45) is 4.99 Å². The molecule has 1 aromatic carbocycles. The first kappa shape index (κ1) is 26.5. The normalized spacial score (nSPS) is 12.0. The molecule has 0 bridgehead atoms. The fourth-order valence-corrected chi connectivity index (χ4v) is 2.41. The average Bonchev–Trinajstić information content (AvgIpc) is 2.66. The van der Waals surface area contributed by atoms with Gasteiger partial charge < -0.3 is 20.1 Å². The number of nitrogens with zero attached hydrogens (tertiary/aromatic N) is 1. The number of methoxy groups -OCH3 is 1. The Labute approximate surface area is 186 Å². The van der Waals surface area contributed by atoms with E-state index in [-0.39, 0.29) is 36.0 Å². The largest absolute Gasteiger partial charge is 0.490 e. The lowest BCUT2D eigenvalue weighted by molar-refractivity contribution is -0.140. The van der Waals surface area contributed by atoms with Crippen LogP contribution in [0.2, 0.25) is 0 Å². The summed E-state index contributed by atoms with van der Waals surface area (Å²) >= 11 is 0. The monoisotopic (exact) mass is 505 g/mol. The molecular weight excluding hydrogens is 469 g/mol. The highest BCUT2D eigenvalue weighted by Crippen LogP contribution is 2.23. The predicted molar refractivity (Wildman–Crippen MR) is 126 cm³/mol. The lowest BCUT2D eigenvalue weighted by atomic mass is 10.1. The lowest BCUT2D eigenvalue weighted by Gasteiger charge is -2.17. The number of unbranched alkanes of at least 4 members (excludes halogenated alkanes) is 1. The van der Waals surface area contributed by atoms with E-state index in [1.807, 2.05) is 6.92 Å². The van der Waals surface area contributed by atoms with Gasteiger partial charge in [0.1, 0.15) is 5.75 Å². The Morgan fingerprint density at radius 1 is 1.21 bits per heavy atom. The standard InChI is InChI=1S/C21H35N3O3.HI/c1-6-17(4)27-19-14-16(3)11-12-18(19)15-24-21(22-7-2)23-13-9-8-10-20(25)26-5;/h11-12,14,17H,6-10,13,15H2,1-5H3,(H2,22,23,24);1H. The van der Waals surface area contributed by atoms with Crippen LogP contribution in [0.25, 0.3) is 0 Å². The van der Waals surface area contributed by atoms with Gasteiger partial charge in [-0.15, -0.1) is 24.0 Å². The zero-order chi connectivity index (χ0) is 20.1. The first-order valence-corrected chi connectivity index (χ1v) is 9.85. The number of benzene rings is 1. The molecule has 2 N–H and O–H groups in total. The molecule has 0 aromatic heterocycles.